The highest BCUT2D eigenvalue weighted by molar-refractivity contribution is 7.89. The number of hydrogen-bond acceptors (Lipinski definition) is 4. The summed E-state index contributed by atoms with van der Waals surface area (Å²) in [6, 6.07) is 6.01. The molecule has 1 fully saturated rings. The molecule has 1 atom stereocenters. The fourth-order valence-electron chi connectivity index (χ4n) is 2.47. The van der Waals surface area contributed by atoms with E-state index in [1.165, 1.54) is 19.2 Å². The minimum atomic E-state index is -3.48. The zero-order valence-electron chi connectivity index (χ0n) is 12.9. The van der Waals surface area contributed by atoms with Crippen molar-refractivity contribution in [2.75, 3.05) is 33.4 Å². The first-order valence-corrected chi connectivity index (χ1v) is 8.87. The predicted octanol–water partition coefficient (Wildman–Crippen LogP) is 1.09. The van der Waals surface area contributed by atoms with Crippen molar-refractivity contribution in [3.63, 3.8) is 0 Å². The number of sulfonamides is 1. The summed E-state index contributed by atoms with van der Waals surface area (Å²) in [5.41, 5.74) is 0.496. The molecular formula is C15H22N2O4S. The van der Waals surface area contributed by atoms with E-state index in [-0.39, 0.29) is 10.8 Å². The van der Waals surface area contributed by atoms with E-state index < -0.39 is 10.0 Å². The van der Waals surface area contributed by atoms with Crippen molar-refractivity contribution < 1.29 is 17.9 Å². The number of nitrogens with zero attached hydrogens (tertiary/aromatic N) is 1. The molecular weight excluding hydrogens is 304 g/mol. The Bertz CT molecular complexity index is 607. The molecule has 0 aromatic heterocycles. The highest BCUT2D eigenvalue weighted by atomic mass is 32.2. The van der Waals surface area contributed by atoms with Crippen molar-refractivity contribution in [3.8, 4) is 0 Å². The Hall–Kier alpha value is -1.44. The molecule has 1 aromatic rings. The predicted molar refractivity (Wildman–Crippen MR) is 83.2 cm³/mol. The molecule has 2 rings (SSSR count). The average molecular weight is 326 g/mol. The molecule has 0 bridgehead atoms. The van der Waals surface area contributed by atoms with Crippen molar-refractivity contribution in [1.29, 1.82) is 0 Å². The lowest BCUT2D eigenvalue weighted by Crippen LogP contribution is -2.35. The van der Waals surface area contributed by atoms with E-state index in [9.17, 15) is 13.2 Å². The minimum Gasteiger partial charge on any atom is -0.381 e. The monoisotopic (exact) mass is 326 g/mol. The standard InChI is InChI=1S/C15H22N2O4S/c1-3-17(10-12-8-9-21-11-12)15(18)13-4-6-14(7-5-13)22(19,20)16-2/h4-7,12,16H,3,8-11H2,1-2H3/t12-/m1/s1. The van der Waals surface area contributed by atoms with Crippen LogP contribution in [0, 0.1) is 5.92 Å². The number of carbonyl (C=O) groups excluding carboxylic acids is 1. The normalized spacial score (nSPS) is 18.4. The van der Waals surface area contributed by atoms with Crippen molar-refractivity contribution in [2.24, 2.45) is 5.92 Å². The summed E-state index contributed by atoms with van der Waals surface area (Å²) in [6.07, 6.45) is 0.975. The third-order valence-corrected chi connectivity index (χ3v) is 5.28. The zero-order valence-corrected chi connectivity index (χ0v) is 13.7. The Kier molecular flexibility index (Phi) is 5.55. The fraction of sp³-hybridized carbons (Fsp3) is 0.533. The van der Waals surface area contributed by atoms with Gasteiger partial charge >= 0.3 is 0 Å². The van der Waals surface area contributed by atoms with Crippen LogP contribution < -0.4 is 4.72 Å². The van der Waals surface area contributed by atoms with Gasteiger partial charge in [0.15, 0.2) is 0 Å². The number of amides is 1. The van der Waals surface area contributed by atoms with E-state index >= 15 is 0 Å². The van der Waals surface area contributed by atoms with Gasteiger partial charge in [-0.15, -0.1) is 0 Å². The van der Waals surface area contributed by atoms with E-state index in [1.807, 2.05) is 6.92 Å². The molecule has 1 N–H and O–H groups in total. The van der Waals surface area contributed by atoms with E-state index in [0.29, 0.717) is 31.2 Å². The van der Waals surface area contributed by atoms with Crippen molar-refractivity contribution in [1.82, 2.24) is 9.62 Å². The first kappa shape index (κ1) is 16.9. The molecule has 1 aliphatic rings. The minimum absolute atomic E-state index is 0.0807. The Morgan fingerprint density at radius 2 is 2.05 bits per heavy atom. The van der Waals surface area contributed by atoms with E-state index in [4.69, 9.17) is 4.74 Å². The highest BCUT2D eigenvalue weighted by Crippen LogP contribution is 2.17. The van der Waals surface area contributed by atoms with Crippen molar-refractivity contribution in [2.45, 2.75) is 18.2 Å². The summed E-state index contributed by atoms with van der Waals surface area (Å²) < 4.78 is 31.0. The molecule has 22 heavy (non-hydrogen) atoms. The molecule has 6 nitrogen and oxygen atoms in total. The summed E-state index contributed by atoms with van der Waals surface area (Å²) in [5, 5.41) is 0. The van der Waals surface area contributed by atoms with Crippen LogP contribution in [0.3, 0.4) is 0 Å². The second-order valence-corrected chi connectivity index (χ2v) is 7.19. The summed E-state index contributed by atoms with van der Waals surface area (Å²) in [6.45, 7) is 4.68. The summed E-state index contributed by atoms with van der Waals surface area (Å²) in [4.78, 5) is 14.4. The van der Waals surface area contributed by atoms with E-state index in [1.54, 1.807) is 17.0 Å². The van der Waals surface area contributed by atoms with Crippen LogP contribution in [0.25, 0.3) is 0 Å². The highest BCUT2D eigenvalue weighted by Gasteiger charge is 2.22. The van der Waals surface area contributed by atoms with Gasteiger partial charge in [-0.05, 0) is 44.7 Å². The van der Waals surface area contributed by atoms with Gasteiger partial charge in [-0.3, -0.25) is 4.79 Å². The summed E-state index contributed by atoms with van der Waals surface area (Å²) in [7, 11) is -2.12. The SMILES string of the molecule is CCN(C[C@H]1CCOC1)C(=O)c1ccc(S(=O)(=O)NC)cc1. The van der Waals surface area contributed by atoms with Crippen LogP contribution in [0.5, 0.6) is 0 Å². The first-order chi connectivity index (χ1) is 10.5. The lowest BCUT2D eigenvalue weighted by molar-refractivity contribution is 0.0730. The largest absolute Gasteiger partial charge is 0.381 e. The molecule has 1 aliphatic heterocycles. The zero-order chi connectivity index (χ0) is 16.2. The van der Waals surface area contributed by atoms with Crippen molar-refractivity contribution >= 4 is 15.9 Å². The maximum Gasteiger partial charge on any atom is 0.253 e. The van der Waals surface area contributed by atoms with Gasteiger partial charge in [-0.1, -0.05) is 0 Å². The fourth-order valence-corrected chi connectivity index (χ4v) is 3.20. The van der Waals surface area contributed by atoms with Gasteiger partial charge in [0.1, 0.15) is 0 Å². The third kappa shape index (κ3) is 3.85. The summed E-state index contributed by atoms with van der Waals surface area (Å²) >= 11 is 0. The maximum absolute atomic E-state index is 12.5. The van der Waals surface area contributed by atoms with Gasteiger partial charge in [0.05, 0.1) is 11.5 Å². The average Bonchev–Trinajstić information content (AvgIpc) is 3.05. The topological polar surface area (TPSA) is 75.7 Å². The molecule has 1 amide bonds. The molecule has 1 saturated heterocycles. The van der Waals surface area contributed by atoms with Gasteiger partial charge in [-0.2, -0.15) is 0 Å². The molecule has 1 aromatic carbocycles. The lowest BCUT2D eigenvalue weighted by Gasteiger charge is -2.23. The molecule has 7 heteroatoms. The van der Waals surface area contributed by atoms with Crippen LogP contribution in [0.4, 0.5) is 0 Å². The lowest BCUT2D eigenvalue weighted by atomic mass is 10.1. The number of nitrogens with one attached hydrogen (secondary N) is 1. The quantitative estimate of drug-likeness (QED) is 0.849. The van der Waals surface area contributed by atoms with Gasteiger partial charge in [0.25, 0.3) is 5.91 Å². The van der Waals surface area contributed by atoms with Crippen LogP contribution in [0.2, 0.25) is 0 Å². The van der Waals surface area contributed by atoms with Crippen molar-refractivity contribution in [3.05, 3.63) is 29.8 Å². The van der Waals surface area contributed by atoms with Gasteiger partial charge < -0.3 is 9.64 Å². The second kappa shape index (κ2) is 7.21. The Balaban J connectivity index is 2.10. The second-order valence-electron chi connectivity index (χ2n) is 5.31. The molecule has 0 spiro atoms. The molecule has 0 radical (unpaired) electrons. The molecule has 0 saturated carbocycles. The molecule has 0 unspecified atom stereocenters. The maximum atomic E-state index is 12.5. The molecule has 0 aliphatic carbocycles. The van der Waals surface area contributed by atoms with Crippen LogP contribution in [-0.4, -0.2) is 52.6 Å². The van der Waals surface area contributed by atoms with Crippen LogP contribution in [0.15, 0.2) is 29.2 Å². The Morgan fingerprint density at radius 1 is 1.36 bits per heavy atom. The molecule has 122 valence electrons. The van der Waals surface area contributed by atoms with Gasteiger partial charge in [0.2, 0.25) is 10.0 Å². The van der Waals surface area contributed by atoms with E-state index in [2.05, 4.69) is 4.72 Å². The number of hydrogen-bond donors (Lipinski definition) is 1. The van der Waals surface area contributed by atoms with Crippen LogP contribution in [-0.2, 0) is 14.8 Å². The number of ether oxygens (including phenoxy) is 1. The Labute approximate surface area is 131 Å². The smallest absolute Gasteiger partial charge is 0.253 e. The van der Waals surface area contributed by atoms with Gasteiger partial charge in [0, 0.05) is 31.2 Å². The first-order valence-electron chi connectivity index (χ1n) is 7.38. The number of rotatable bonds is 6. The van der Waals surface area contributed by atoms with E-state index in [0.717, 1.165) is 13.0 Å². The number of carbonyl (C=O) groups is 1. The third-order valence-electron chi connectivity index (χ3n) is 3.85. The van der Waals surface area contributed by atoms with Gasteiger partial charge in [-0.25, -0.2) is 13.1 Å². The number of benzene rings is 1. The van der Waals surface area contributed by atoms with Crippen LogP contribution >= 0.6 is 0 Å². The summed E-state index contributed by atoms with van der Waals surface area (Å²) in [5.74, 6) is 0.302. The van der Waals surface area contributed by atoms with Crippen LogP contribution in [0.1, 0.15) is 23.7 Å². The Morgan fingerprint density at radius 3 is 2.55 bits per heavy atom. The molecule has 1 heterocycles.